The number of hydrogen-bond donors (Lipinski definition) is 2. The Balaban J connectivity index is 1.51. The number of carbonyl (C=O) groups is 2. The first-order chi connectivity index (χ1) is 18.5. The molecule has 39 heavy (non-hydrogen) atoms. The van der Waals surface area contributed by atoms with Crippen molar-refractivity contribution in [3.63, 3.8) is 0 Å². The van der Waals surface area contributed by atoms with Gasteiger partial charge in [-0.3, -0.25) is 9.48 Å². The van der Waals surface area contributed by atoms with Gasteiger partial charge in [-0.25, -0.2) is 4.79 Å². The highest BCUT2D eigenvalue weighted by molar-refractivity contribution is 6.30. The van der Waals surface area contributed by atoms with Gasteiger partial charge in [0.1, 0.15) is 22.9 Å². The molecule has 1 heterocycles. The normalized spacial score (nSPS) is 18.9. The summed E-state index contributed by atoms with van der Waals surface area (Å²) in [7, 11) is 1.81. The average molecular weight is 547 g/mol. The number of aliphatic carboxylic acids is 2. The lowest BCUT2D eigenvalue weighted by molar-refractivity contribution is -0.142. The largest absolute Gasteiger partial charge is 0.489 e. The van der Waals surface area contributed by atoms with E-state index in [1.807, 2.05) is 44.2 Å². The molecule has 0 aliphatic heterocycles. The summed E-state index contributed by atoms with van der Waals surface area (Å²) in [5, 5.41) is 25.4. The first kappa shape index (κ1) is 26.8. The maximum Gasteiger partial charge on any atom is 0.331 e. The Hall–Kier alpha value is -3.84. The maximum atomic E-state index is 12.8. The number of allylic oxidation sites excluding steroid dienone is 2. The first-order valence-electron chi connectivity index (χ1n) is 12.9. The van der Waals surface area contributed by atoms with Gasteiger partial charge in [0.25, 0.3) is 0 Å². The topological polar surface area (TPSA) is 102 Å². The molecule has 202 valence electrons. The smallest absolute Gasteiger partial charge is 0.331 e. The predicted octanol–water partition coefficient (Wildman–Crippen LogP) is 6.50. The van der Waals surface area contributed by atoms with E-state index < -0.39 is 17.4 Å². The Morgan fingerprint density at radius 2 is 1.90 bits per heavy atom. The number of halogens is 1. The van der Waals surface area contributed by atoms with Crippen LogP contribution in [-0.2, 0) is 28.7 Å². The monoisotopic (exact) mass is 546 g/mol. The van der Waals surface area contributed by atoms with E-state index in [2.05, 4.69) is 5.10 Å². The fourth-order valence-corrected chi connectivity index (χ4v) is 5.62. The summed E-state index contributed by atoms with van der Waals surface area (Å²) in [4.78, 5) is 24.8. The van der Waals surface area contributed by atoms with Crippen molar-refractivity contribution < 1.29 is 24.5 Å². The number of nitrogens with zero attached hydrogens (tertiary/aromatic N) is 2. The van der Waals surface area contributed by atoms with Gasteiger partial charge in [0.15, 0.2) is 0 Å². The number of hydrogen-bond acceptors (Lipinski definition) is 4. The highest BCUT2D eigenvalue weighted by Crippen LogP contribution is 2.47. The molecule has 2 N–H and O–H groups in total. The third kappa shape index (κ3) is 4.76. The predicted molar refractivity (Wildman–Crippen MR) is 149 cm³/mol. The summed E-state index contributed by atoms with van der Waals surface area (Å²) in [5.74, 6) is -1.15. The lowest BCUT2D eigenvalue weighted by atomic mass is 9.69. The number of ether oxygens (including phenoxy) is 1. The van der Waals surface area contributed by atoms with Crippen LogP contribution in [0.2, 0.25) is 5.15 Å². The van der Waals surface area contributed by atoms with Crippen LogP contribution in [0.1, 0.15) is 59.9 Å². The quantitative estimate of drug-likeness (QED) is 0.334. The molecule has 1 saturated carbocycles. The molecule has 8 heteroatoms. The molecule has 2 aliphatic rings. The van der Waals surface area contributed by atoms with Gasteiger partial charge in [-0.15, -0.1) is 0 Å². The molecule has 1 fully saturated rings. The van der Waals surface area contributed by atoms with E-state index in [0.29, 0.717) is 28.0 Å². The summed E-state index contributed by atoms with van der Waals surface area (Å²) in [6, 6.07) is 11.5. The Bertz CT molecular complexity index is 1560. The van der Waals surface area contributed by atoms with Crippen LogP contribution in [0, 0.1) is 13.8 Å². The number of benzene rings is 2. The molecule has 0 spiro atoms. The third-order valence-electron chi connectivity index (χ3n) is 7.92. The minimum atomic E-state index is -1.49. The summed E-state index contributed by atoms with van der Waals surface area (Å²) in [6.07, 6.45) is 5.19. The highest BCUT2D eigenvalue weighted by Gasteiger charge is 2.44. The molecule has 1 aromatic heterocycles. The van der Waals surface area contributed by atoms with Gasteiger partial charge in [0.05, 0.1) is 5.69 Å². The third-order valence-corrected chi connectivity index (χ3v) is 8.45. The van der Waals surface area contributed by atoms with Crippen molar-refractivity contribution >= 4 is 23.5 Å². The number of rotatable bonds is 8. The van der Waals surface area contributed by atoms with Crippen LogP contribution < -0.4 is 4.74 Å². The van der Waals surface area contributed by atoms with Crippen LogP contribution in [0.15, 0.2) is 59.7 Å². The molecule has 0 saturated heterocycles. The van der Waals surface area contributed by atoms with Gasteiger partial charge in [0, 0.05) is 30.2 Å². The number of aromatic nitrogens is 2. The van der Waals surface area contributed by atoms with Gasteiger partial charge >= 0.3 is 11.9 Å². The SMILES string of the molecule is CC1=C(C(=O)O)CC(C(=O)O)(c2cccc(C3CC3)c2COc2ccc(-c3nn(C)c(Cl)c3C)cc2C)C=C1. The highest BCUT2D eigenvalue weighted by atomic mass is 35.5. The molecule has 1 atom stereocenters. The summed E-state index contributed by atoms with van der Waals surface area (Å²) in [6.45, 7) is 5.76. The standard InChI is InChI=1S/C31H31ClN2O5/c1-17-12-13-31(30(37)38,15-23(17)29(35)36)25-7-5-6-22(20-8-9-20)24(25)16-39-26-11-10-21(14-18(26)2)27-19(3)28(32)34(4)33-27/h5-7,10-14,20H,8-9,15-16H2,1-4H3,(H,35,36)(H,37,38). The summed E-state index contributed by atoms with van der Waals surface area (Å²) in [5.41, 5.74) is 5.19. The van der Waals surface area contributed by atoms with Crippen LogP contribution >= 0.6 is 11.6 Å². The molecule has 3 aromatic rings. The van der Waals surface area contributed by atoms with E-state index in [4.69, 9.17) is 16.3 Å². The van der Waals surface area contributed by atoms with Gasteiger partial charge in [0.2, 0.25) is 0 Å². The van der Waals surface area contributed by atoms with Crippen molar-refractivity contribution in [1.82, 2.24) is 9.78 Å². The van der Waals surface area contributed by atoms with Crippen molar-refractivity contribution in [2.45, 2.75) is 58.0 Å². The van der Waals surface area contributed by atoms with Gasteiger partial charge in [-0.05, 0) is 85.6 Å². The van der Waals surface area contributed by atoms with Crippen molar-refractivity contribution in [3.8, 4) is 17.0 Å². The van der Waals surface area contributed by atoms with E-state index in [9.17, 15) is 19.8 Å². The van der Waals surface area contributed by atoms with Crippen LogP contribution in [0.25, 0.3) is 11.3 Å². The second kappa shape index (κ2) is 10.0. The Morgan fingerprint density at radius 1 is 1.15 bits per heavy atom. The Kier molecular flexibility index (Phi) is 6.89. The fraction of sp³-hybridized carbons (Fsp3) is 0.323. The lowest BCUT2D eigenvalue weighted by Crippen LogP contribution is -2.38. The van der Waals surface area contributed by atoms with Crippen molar-refractivity contribution in [3.05, 3.63) is 92.7 Å². The van der Waals surface area contributed by atoms with Crippen molar-refractivity contribution in [1.29, 1.82) is 0 Å². The molecule has 2 aromatic carbocycles. The average Bonchev–Trinajstić information content (AvgIpc) is 3.72. The Morgan fingerprint density at radius 3 is 2.49 bits per heavy atom. The first-order valence-corrected chi connectivity index (χ1v) is 13.3. The summed E-state index contributed by atoms with van der Waals surface area (Å²) >= 11 is 6.32. The van der Waals surface area contributed by atoms with Crippen LogP contribution in [0.4, 0.5) is 0 Å². The van der Waals surface area contributed by atoms with E-state index >= 15 is 0 Å². The number of carboxylic acids is 2. The minimum absolute atomic E-state index is 0.111. The maximum absolute atomic E-state index is 12.8. The minimum Gasteiger partial charge on any atom is -0.489 e. The zero-order valence-corrected chi connectivity index (χ0v) is 23.2. The molecule has 0 radical (unpaired) electrons. The van der Waals surface area contributed by atoms with Gasteiger partial charge < -0.3 is 14.9 Å². The molecule has 1 unspecified atom stereocenters. The van der Waals surface area contributed by atoms with E-state index in [-0.39, 0.29) is 18.6 Å². The van der Waals surface area contributed by atoms with Crippen LogP contribution in [-0.4, -0.2) is 31.9 Å². The second-order valence-electron chi connectivity index (χ2n) is 10.6. The number of aryl methyl sites for hydroxylation is 2. The number of carboxylic acid groups (broad SMARTS) is 2. The summed E-state index contributed by atoms with van der Waals surface area (Å²) < 4.78 is 7.99. The zero-order chi connectivity index (χ0) is 28.1. The second-order valence-corrected chi connectivity index (χ2v) is 10.9. The van der Waals surface area contributed by atoms with E-state index in [1.54, 1.807) is 36.9 Å². The molecule has 0 amide bonds. The zero-order valence-electron chi connectivity index (χ0n) is 22.4. The van der Waals surface area contributed by atoms with Crippen molar-refractivity contribution in [2.24, 2.45) is 7.05 Å². The van der Waals surface area contributed by atoms with E-state index in [1.165, 1.54) is 0 Å². The molecule has 7 nitrogen and oxygen atoms in total. The molecule has 0 bridgehead atoms. The van der Waals surface area contributed by atoms with E-state index in [0.717, 1.165) is 46.4 Å². The Labute approximate surface area is 232 Å². The van der Waals surface area contributed by atoms with Gasteiger partial charge in [-0.2, -0.15) is 5.10 Å². The molecular formula is C31H31ClN2O5. The lowest BCUT2D eigenvalue weighted by Gasteiger charge is -2.33. The van der Waals surface area contributed by atoms with Crippen LogP contribution in [0.5, 0.6) is 5.75 Å². The van der Waals surface area contributed by atoms with Crippen molar-refractivity contribution in [2.75, 3.05) is 0 Å². The molecular weight excluding hydrogens is 516 g/mol. The van der Waals surface area contributed by atoms with Gasteiger partial charge in [-0.1, -0.05) is 42.0 Å². The molecule has 2 aliphatic carbocycles. The molecule has 5 rings (SSSR count). The fourth-order valence-electron chi connectivity index (χ4n) is 5.49. The van der Waals surface area contributed by atoms with Crippen LogP contribution in [0.3, 0.4) is 0 Å².